The van der Waals surface area contributed by atoms with E-state index in [1.54, 1.807) is 29.2 Å². The molecule has 12 nitrogen and oxygen atoms in total. The zero-order chi connectivity index (χ0) is 26.6. The normalized spacial score (nSPS) is 13.2. The van der Waals surface area contributed by atoms with Gasteiger partial charge in [0.25, 0.3) is 11.5 Å². The lowest BCUT2D eigenvalue weighted by atomic mass is 10.0. The largest absolute Gasteiger partial charge is 0.315 e. The van der Waals surface area contributed by atoms with Crippen LogP contribution in [0.1, 0.15) is 19.0 Å². The van der Waals surface area contributed by atoms with Crippen molar-refractivity contribution in [3.8, 4) is 22.4 Å². The minimum Gasteiger partial charge on any atom is -0.315 e. The molecule has 37 heavy (non-hydrogen) atoms. The van der Waals surface area contributed by atoms with E-state index in [4.69, 9.17) is 5.21 Å². The van der Waals surface area contributed by atoms with Gasteiger partial charge in [0.05, 0.1) is 18.4 Å². The van der Waals surface area contributed by atoms with Gasteiger partial charge in [-0.1, -0.05) is 29.5 Å². The Kier molecular flexibility index (Phi) is 7.27. The lowest BCUT2D eigenvalue weighted by molar-refractivity contribution is -0.131. The molecule has 0 saturated carbocycles. The number of sulfone groups is 1. The van der Waals surface area contributed by atoms with Crippen molar-refractivity contribution >= 4 is 15.7 Å². The molecular formula is C24H25N7O5S. The number of carbonyl (C=O) groups is 1. The van der Waals surface area contributed by atoms with Crippen molar-refractivity contribution in [2.24, 2.45) is 0 Å². The first-order valence-electron chi connectivity index (χ1n) is 11.2. The molecule has 0 radical (unpaired) electrons. The molecule has 13 heteroatoms. The molecular weight excluding hydrogens is 498 g/mol. The summed E-state index contributed by atoms with van der Waals surface area (Å²) < 4.78 is 25.4. The van der Waals surface area contributed by atoms with Crippen LogP contribution in [0.25, 0.3) is 22.4 Å². The molecule has 0 spiro atoms. The maximum absolute atomic E-state index is 12.7. The van der Waals surface area contributed by atoms with Crippen LogP contribution < -0.4 is 11.0 Å². The fourth-order valence-electron chi connectivity index (χ4n) is 3.71. The number of carbonyl (C=O) groups excluding carboxylic acids is 1. The highest BCUT2D eigenvalue weighted by Gasteiger charge is 2.43. The first-order chi connectivity index (χ1) is 17.6. The second-order valence-electron chi connectivity index (χ2n) is 8.72. The number of hydrogen-bond acceptors (Lipinski definition) is 9. The number of aryl methyl sites for hydroxylation is 1. The Hall–Kier alpha value is -4.23. The molecule has 192 valence electrons. The maximum atomic E-state index is 12.7. The molecule has 4 aromatic rings. The molecule has 1 unspecified atom stereocenters. The Bertz CT molecular complexity index is 1570. The minimum absolute atomic E-state index is 0.0281. The average molecular weight is 524 g/mol. The van der Waals surface area contributed by atoms with E-state index in [1.165, 1.54) is 29.4 Å². The van der Waals surface area contributed by atoms with Gasteiger partial charge in [-0.05, 0) is 36.6 Å². The van der Waals surface area contributed by atoms with Crippen LogP contribution in [0.5, 0.6) is 0 Å². The molecule has 0 aliphatic carbocycles. The number of amides is 1. The summed E-state index contributed by atoms with van der Waals surface area (Å²) in [5.41, 5.74) is 4.90. The van der Waals surface area contributed by atoms with E-state index in [0.29, 0.717) is 17.8 Å². The SMILES string of the molecule is CC(CCn1ccc(-c2ccc(-c3cn(Cc4ccncn4)nn3)cc2)cc1=O)(C(=O)NO)S(C)(=O)=O. The number of nitrogens with one attached hydrogen (secondary N) is 1. The van der Waals surface area contributed by atoms with Gasteiger partial charge in [0.2, 0.25) is 0 Å². The zero-order valence-electron chi connectivity index (χ0n) is 20.1. The van der Waals surface area contributed by atoms with Crippen molar-refractivity contribution in [3.63, 3.8) is 0 Å². The molecule has 1 atom stereocenters. The van der Waals surface area contributed by atoms with E-state index in [9.17, 15) is 18.0 Å². The summed E-state index contributed by atoms with van der Waals surface area (Å²) in [5, 5.41) is 17.3. The third-order valence-electron chi connectivity index (χ3n) is 6.25. The Morgan fingerprint density at radius 1 is 1.11 bits per heavy atom. The van der Waals surface area contributed by atoms with Gasteiger partial charge in [0, 0.05) is 36.8 Å². The van der Waals surface area contributed by atoms with Crippen LogP contribution in [0.4, 0.5) is 0 Å². The van der Waals surface area contributed by atoms with E-state index in [0.717, 1.165) is 23.1 Å². The molecule has 0 aliphatic heterocycles. The van der Waals surface area contributed by atoms with Gasteiger partial charge < -0.3 is 4.57 Å². The van der Waals surface area contributed by atoms with E-state index < -0.39 is 20.5 Å². The molecule has 0 aliphatic rings. The zero-order valence-corrected chi connectivity index (χ0v) is 21.0. The summed E-state index contributed by atoms with van der Waals surface area (Å²) in [6, 6.07) is 12.5. The number of rotatable bonds is 9. The minimum atomic E-state index is -3.86. The van der Waals surface area contributed by atoms with Crippen molar-refractivity contribution in [1.82, 2.24) is 35.0 Å². The third-order valence-corrected chi connectivity index (χ3v) is 8.27. The molecule has 0 saturated heterocycles. The van der Waals surface area contributed by atoms with Gasteiger partial charge >= 0.3 is 0 Å². The summed E-state index contributed by atoms with van der Waals surface area (Å²) in [6.45, 7) is 1.65. The summed E-state index contributed by atoms with van der Waals surface area (Å²) in [5.74, 6) is -1.05. The van der Waals surface area contributed by atoms with Gasteiger partial charge in [0.1, 0.15) is 12.0 Å². The van der Waals surface area contributed by atoms with Gasteiger partial charge in [-0.15, -0.1) is 5.10 Å². The van der Waals surface area contributed by atoms with E-state index in [1.807, 2.05) is 30.5 Å². The van der Waals surface area contributed by atoms with E-state index in [2.05, 4.69) is 20.3 Å². The van der Waals surface area contributed by atoms with E-state index >= 15 is 0 Å². The number of nitrogens with zero attached hydrogens (tertiary/aromatic N) is 6. The summed E-state index contributed by atoms with van der Waals surface area (Å²) >= 11 is 0. The fraction of sp³-hybridized carbons (Fsp3) is 0.250. The standard InChI is InChI=1S/C24H25N7O5S/c1-24(23(33)28-34,37(2,35)36)9-12-30-11-8-19(13-22(30)32)17-3-5-18(6-4-17)21-15-31(29-27-21)14-20-7-10-25-16-26-20/h3-8,10-11,13,15-16,34H,9,12,14H2,1-2H3,(H,28,33). The predicted molar refractivity (Wildman–Crippen MR) is 134 cm³/mol. The van der Waals surface area contributed by atoms with Gasteiger partial charge in [-0.2, -0.15) is 0 Å². The van der Waals surface area contributed by atoms with Crippen LogP contribution in [0.2, 0.25) is 0 Å². The maximum Gasteiger partial charge on any atom is 0.264 e. The second kappa shape index (κ2) is 10.4. The van der Waals surface area contributed by atoms with Crippen molar-refractivity contribution in [3.05, 3.63) is 83.4 Å². The average Bonchev–Trinajstić information content (AvgIpc) is 3.35. The highest BCUT2D eigenvalue weighted by Crippen LogP contribution is 2.24. The summed E-state index contributed by atoms with van der Waals surface area (Å²) in [7, 11) is -3.86. The lowest BCUT2D eigenvalue weighted by Crippen LogP contribution is -2.49. The smallest absolute Gasteiger partial charge is 0.264 e. The van der Waals surface area contributed by atoms with E-state index in [-0.39, 0.29) is 18.5 Å². The Balaban J connectivity index is 1.47. The summed E-state index contributed by atoms with van der Waals surface area (Å²) in [6.07, 6.45) is 7.23. The molecule has 3 aromatic heterocycles. The van der Waals surface area contributed by atoms with Crippen molar-refractivity contribution in [2.45, 2.75) is 31.2 Å². The van der Waals surface area contributed by atoms with Crippen LogP contribution in [0, 0.1) is 0 Å². The Labute approximate surface area is 212 Å². The fourth-order valence-corrected chi connectivity index (χ4v) is 4.55. The number of pyridine rings is 1. The number of hydrogen-bond donors (Lipinski definition) is 2. The van der Waals surface area contributed by atoms with Crippen LogP contribution in [-0.4, -0.2) is 60.1 Å². The van der Waals surface area contributed by atoms with Crippen molar-refractivity contribution in [1.29, 1.82) is 0 Å². The van der Waals surface area contributed by atoms with Crippen LogP contribution >= 0.6 is 0 Å². The molecule has 4 rings (SSSR count). The molecule has 2 N–H and O–H groups in total. The first kappa shape index (κ1) is 25.9. The second-order valence-corrected chi connectivity index (χ2v) is 11.2. The summed E-state index contributed by atoms with van der Waals surface area (Å²) in [4.78, 5) is 32.8. The highest BCUT2D eigenvalue weighted by molar-refractivity contribution is 7.92. The number of hydroxylamine groups is 1. The topological polar surface area (TPSA) is 162 Å². The van der Waals surface area contributed by atoms with Crippen LogP contribution in [0.3, 0.4) is 0 Å². The van der Waals surface area contributed by atoms with Gasteiger partial charge in [-0.25, -0.2) is 28.5 Å². The predicted octanol–water partition coefficient (Wildman–Crippen LogP) is 1.31. The van der Waals surface area contributed by atoms with Crippen LogP contribution in [-0.2, 0) is 27.7 Å². The number of benzene rings is 1. The molecule has 1 amide bonds. The molecule has 3 heterocycles. The van der Waals surface area contributed by atoms with Gasteiger partial charge in [0.15, 0.2) is 14.6 Å². The van der Waals surface area contributed by atoms with Gasteiger partial charge in [-0.3, -0.25) is 14.8 Å². The lowest BCUT2D eigenvalue weighted by Gasteiger charge is -2.25. The molecule has 1 aromatic carbocycles. The van der Waals surface area contributed by atoms with Crippen LogP contribution in [0.15, 0.2) is 72.2 Å². The molecule has 0 fully saturated rings. The molecule has 0 bridgehead atoms. The Morgan fingerprint density at radius 2 is 1.84 bits per heavy atom. The monoisotopic (exact) mass is 523 g/mol. The highest BCUT2D eigenvalue weighted by atomic mass is 32.2. The third kappa shape index (κ3) is 5.62. The quantitative estimate of drug-likeness (QED) is 0.243. The first-order valence-corrected chi connectivity index (χ1v) is 13.1. The van der Waals surface area contributed by atoms with Crippen molar-refractivity contribution in [2.75, 3.05) is 6.26 Å². The number of aromatic nitrogens is 6. The Morgan fingerprint density at radius 3 is 2.46 bits per heavy atom. The van der Waals surface area contributed by atoms with Crippen molar-refractivity contribution < 1.29 is 18.4 Å².